The molecule has 0 radical (unpaired) electrons. The maximum absolute atomic E-state index is 12.4. The fourth-order valence-electron chi connectivity index (χ4n) is 2.81. The molecule has 2 unspecified atom stereocenters. The number of hydrogen-bond donors (Lipinski definition) is 0. The zero-order valence-corrected chi connectivity index (χ0v) is 17.1. The average Bonchev–Trinajstić information content (AvgIpc) is 2.63. The van der Waals surface area contributed by atoms with Gasteiger partial charge in [-0.25, -0.2) is 0 Å². The SMILES string of the molecule is CCCCCCCC(C(=O)OCC)C(C)C(=O)OCc1ccccc1.Cl. The number of hydrogen-bond acceptors (Lipinski definition) is 4. The molecule has 0 fully saturated rings. The first kappa shape index (κ1) is 24.5. The summed E-state index contributed by atoms with van der Waals surface area (Å²) in [7, 11) is 0. The topological polar surface area (TPSA) is 52.6 Å². The van der Waals surface area contributed by atoms with Gasteiger partial charge in [-0.05, 0) is 18.9 Å². The molecule has 2 atom stereocenters. The lowest BCUT2D eigenvalue weighted by Gasteiger charge is -2.21. The molecule has 26 heavy (non-hydrogen) atoms. The molecule has 0 N–H and O–H groups in total. The van der Waals surface area contributed by atoms with E-state index in [1.807, 2.05) is 30.3 Å². The minimum Gasteiger partial charge on any atom is -0.466 e. The molecule has 1 aromatic carbocycles. The quantitative estimate of drug-likeness (QED) is 0.361. The molecule has 5 heteroatoms. The Kier molecular flexibility index (Phi) is 13.7. The number of carbonyl (C=O) groups is 2. The van der Waals surface area contributed by atoms with Crippen LogP contribution >= 0.6 is 12.4 Å². The monoisotopic (exact) mass is 384 g/mol. The van der Waals surface area contributed by atoms with Gasteiger partial charge in [0, 0.05) is 0 Å². The summed E-state index contributed by atoms with van der Waals surface area (Å²) in [6.45, 7) is 6.29. The van der Waals surface area contributed by atoms with Crippen LogP contribution in [0, 0.1) is 11.8 Å². The van der Waals surface area contributed by atoms with Crippen LogP contribution < -0.4 is 0 Å². The average molecular weight is 385 g/mol. The summed E-state index contributed by atoms with van der Waals surface area (Å²) in [5, 5.41) is 0. The Labute approximate surface area is 164 Å². The predicted octanol–water partition coefficient (Wildman–Crippen LogP) is 5.33. The Bertz CT molecular complexity index is 504. The van der Waals surface area contributed by atoms with Gasteiger partial charge in [-0.15, -0.1) is 12.4 Å². The van der Waals surface area contributed by atoms with Crippen molar-refractivity contribution in [1.29, 1.82) is 0 Å². The van der Waals surface area contributed by atoms with Crippen LogP contribution in [0.15, 0.2) is 30.3 Å². The van der Waals surface area contributed by atoms with Crippen molar-refractivity contribution in [3.8, 4) is 0 Å². The molecule has 4 nitrogen and oxygen atoms in total. The van der Waals surface area contributed by atoms with Crippen LogP contribution in [0.4, 0.5) is 0 Å². The third-order valence-electron chi connectivity index (χ3n) is 4.41. The van der Waals surface area contributed by atoms with Gasteiger partial charge in [-0.1, -0.05) is 76.3 Å². The Morgan fingerprint density at radius 2 is 1.58 bits per heavy atom. The highest BCUT2D eigenvalue weighted by atomic mass is 35.5. The molecule has 1 rings (SSSR count). The van der Waals surface area contributed by atoms with Crippen molar-refractivity contribution in [3.63, 3.8) is 0 Å². The Morgan fingerprint density at radius 1 is 0.923 bits per heavy atom. The summed E-state index contributed by atoms with van der Waals surface area (Å²) in [5.41, 5.74) is 0.940. The highest BCUT2D eigenvalue weighted by molar-refractivity contribution is 5.85. The summed E-state index contributed by atoms with van der Waals surface area (Å²) < 4.78 is 10.6. The number of ether oxygens (including phenoxy) is 2. The van der Waals surface area contributed by atoms with Gasteiger partial charge in [0.25, 0.3) is 0 Å². The van der Waals surface area contributed by atoms with Gasteiger partial charge >= 0.3 is 11.9 Å². The van der Waals surface area contributed by atoms with E-state index >= 15 is 0 Å². The van der Waals surface area contributed by atoms with Crippen molar-refractivity contribution >= 4 is 24.3 Å². The fourth-order valence-corrected chi connectivity index (χ4v) is 2.81. The van der Waals surface area contributed by atoms with Crippen molar-refractivity contribution < 1.29 is 19.1 Å². The highest BCUT2D eigenvalue weighted by Gasteiger charge is 2.32. The van der Waals surface area contributed by atoms with Crippen molar-refractivity contribution in [2.24, 2.45) is 11.8 Å². The van der Waals surface area contributed by atoms with E-state index in [9.17, 15) is 9.59 Å². The van der Waals surface area contributed by atoms with E-state index in [1.54, 1.807) is 13.8 Å². The zero-order valence-electron chi connectivity index (χ0n) is 16.2. The second-order valence-corrected chi connectivity index (χ2v) is 6.44. The third kappa shape index (κ3) is 9.23. The molecule has 0 amide bonds. The molecule has 0 bridgehead atoms. The predicted molar refractivity (Wildman–Crippen MR) is 106 cm³/mol. The van der Waals surface area contributed by atoms with Crippen molar-refractivity contribution in [2.45, 2.75) is 65.9 Å². The summed E-state index contributed by atoms with van der Waals surface area (Å²) in [5.74, 6) is -1.54. The van der Waals surface area contributed by atoms with Crippen molar-refractivity contribution in [2.75, 3.05) is 6.61 Å². The van der Waals surface area contributed by atoms with Gasteiger partial charge in [0.2, 0.25) is 0 Å². The molecule has 0 saturated heterocycles. The van der Waals surface area contributed by atoms with E-state index in [0.717, 1.165) is 18.4 Å². The summed E-state index contributed by atoms with van der Waals surface area (Å²) in [6.07, 6.45) is 6.24. The van der Waals surface area contributed by atoms with Crippen molar-refractivity contribution in [1.82, 2.24) is 0 Å². The molecule has 0 spiro atoms. The maximum atomic E-state index is 12.4. The first-order chi connectivity index (χ1) is 12.1. The molecule has 0 heterocycles. The van der Waals surface area contributed by atoms with Crippen LogP contribution in [0.3, 0.4) is 0 Å². The van der Waals surface area contributed by atoms with Crippen LogP contribution in [-0.2, 0) is 25.7 Å². The largest absolute Gasteiger partial charge is 0.466 e. The number of halogens is 1. The van der Waals surface area contributed by atoms with Gasteiger partial charge < -0.3 is 9.47 Å². The van der Waals surface area contributed by atoms with Gasteiger partial charge in [0.15, 0.2) is 0 Å². The second-order valence-electron chi connectivity index (χ2n) is 6.44. The zero-order chi connectivity index (χ0) is 18.5. The fraction of sp³-hybridized carbons (Fsp3) is 0.619. The van der Waals surface area contributed by atoms with E-state index in [4.69, 9.17) is 9.47 Å². The van der Waals surface area contributed by atoms with Crippen LogP contribution in [-0.4, -0.2) is 18.5 Å². The first-order valence-corrected chi connectivity index (χ1v) is 9.47. The van der Waals surface area contributed by atoms with E-state index in [2.05, 4.69) is 6.92 Å². The molecule has 148 valence electrons. The lowest BCUT2D eigenvalue weighted by Crippen LogP contribution is -2.30. The van der Waals surface area contributed by atoms with Gasteiger partial charge in [-0.2, -0.15) is 0 Å². The second kappa shape index (κ2) is 14.6. The molecule has 1 aromatic rings. The summed E-state index contributed by atoms with van der Waals surface area (Å²) in [4.78, 5) is 24.6. The van der Waals surface area contributed by atoms with E-state index < -0.39 is 11.8 Å². The normalized spacial score (nSPS) is 12.6. The summed E-state index contributed by atoms with van der Waals surface area (Å²) in [6, 6.07) is 9.56. The summed E-state index contributed by atoms with van der Waals surface area (Å²) >= 11 is 0. The van der Waals surface area contributed by atoms with Gasteiger partial charge in [-0.3, -0.25) is 9.59 Å². The Morgan fingerprint density at radius 3 is 2.19 bits per heavy atom. The maximum Gasteiger partial charge on any atom is 0.309 e. The molecular formula is C21H33ClO4. The lowest BCUT2D eigenvalue weighted by molar-refractivity contribution is -0.161. The van der Waals surface area contributed by atoms with Gasteiger partial charge in [0.05, 0.1) is 18.4 Å². The third-order valence-corrected chi connectivity index (χ3v) is 4.41. The van der Waals surface area contributed by atoms with E-state index in [1.165, 1.54) is 19.3 Å². The van der Waals surface area contributed by atoms with E-state index in [0.29, 0.717) is 13.0 Å². The van der Waals surface area contributed by atoms with Crippen LogP contribution in [0.2, 0.25) is 0 Å². The number of esters is 2. The molecular weight excluding hydrogens is 352 g/mol. The minimum atomic E-state index is -0.492. The Hall–Kier alpha value is -1.55. The highest BCUT2D eigenvalue weighted by Crippen LogP contribution is 2.23. The van der Waals surface area contributed by atoms with Crippen LogP contribution in [0.5, 0.6) is 0 Å². The Balaban J connectivity index is 0.00000625. The number of carbonyl (C=O) groups excluding carboxylic acids is 2. The number of unbranched alkanes of at least 4 members (excludes halogenated alkanes) is 4. The lowest BCUT2D eigenvalue weighted by atomic mass is 9.88. The molecule has 0 saturated carbocycles. The van der Waals surface area contributed by atoms with Gasteiger partial charge in [0.1, 0.15) is 6.61 Å². The smallest absolute Gasteiger partial charge is 0.309 e. The van der Waals surface area contributed by atoms with Crippen molar-refractivity contribution in [3.05, 3.63) is 35.9 Å². The standard InChI is InChI=1S/C21H32O4.ClH/c1-4-6-7-8-12-15-19(21(23)24-5-2)17(3)20(22)25-16-18-13-10-9-11-14-18;/h9-11,13-14,17,19H,4-8,12,15-16H2,1-3H3;1H. The molecule has 0 aliphatic rings. The number of benzene rings is 1. The molecule has 0 aromatic heterocycles. The minimum absolute atomic E-state index is 0. The van der Waals surface area contributed by atoms with Crippen LogP contribution in [0.1, 0.15) is 64.9 Å². The van der Waals surface area contributed by atoms with Crippen LogP contribution in [0.25, 0.3) is 0 Å². The molecule has 0 aliphatic carbocycles. The first-order valence-electron chi connectivity index (χ1n) is 9.47. The van der Waals surface area contributed by atoms with E-state index in [-0.39, 0.29) is 31.0 Å². The molecule has 0 aliphatic heterocycles. The number of rotatable bonds is 12.